The molecule has 0 radical (unpaired) electrons. The monoisotopic (exact) mass is 280 g/mol. The topological polar surface area (TPSA) is 18.5 Å². The Hall–Kier alpha value is -0.340. The highest BCUT2D eigenvalue weighted by molar-refractivity contribution is 5.08. The van der Waals surface area contributed by atoms with E-state index in [9.17, 15) is 0 Å². The highest BCUT2D eigenvalue weighted by atomic mass is 16.7. The van der Waals surface area contributed by atoms with Crippen molar-refractivity contribution < 1.29 is 9.47 Å². The van der Waals surface area contributed by atoms with Crippen molar-refractivity contribution in [1.82, 2.24) is 0 Å². The van der Waals surface area contributed by atoms with Crippen LogP contribution in [0.25, 0.3) is 0 Å². The summed E-state index contributed by atoms with van der Waals surface area (Å²) in [7, 11) is 0. The molecule has 1 fully saturated rings. The minimum atomic E-state index is -0.399. The fourth-order valence-corrected chi connectivity index (χ4v) is 3.73. The summed E-state index contributed by atoms with van der Waals surface area (Å²) in [6, 6.07) is 0. The molecule has 0 aromatic heterocycles. The van der Waals surface area contributed by atoms with Gasteiger partial charge in [0.15, 0.2) is 5.79 Å². The van der Waals surface area contributed by atoms with Gasteiger partial charge in [-0.15, -0.1) is 0 Å². The SMILES string of the molecule is CCC(C)C1(C)COC(C)(C2CCC(C)=CC2C)OC1. The Balaban J connectivity index is 2.05. The second-order valence-corrected chi connectivity index (χ2v) is 7.57. The van der Waals surface area contributed by atoms with E-state index in [1.807, 2.05) is 0 Å². The summed E-state index contributed by atoms with van der Waals surface area (Å²) in [5.41, 5.74) is 1.68. The van der Waals surface area contributed by atoms with Crippen molar-refractivity contribution in [3.63, 3.8) is 0 Å². The molecule has 2 aliphatic rings. The average Bonchev–Trinajstić information content (AvgIpc) is 2.41. The van der Waals surface area contributed by atoms with Gasteiger partial charge >= 0.3 is 0 Å². The van der Waals surface area contributed by atoms with Gasteiger partial charge in [-0.05, 0) is 38.5 Å². The van der Waals surface area contributed by atoms with Crippen LogP contribution < -0.4 is 0 Å². The van der Waals surface area contributed by atoms with E-state index in [2.05, 4.69) is 47.6 Å². The number of allylic oxidation sites excluding steroid dienone is 2. The van der Waals surface area contributed by atoms with Crippen molar-refractivity contribution in [2.45, 2.75) is 66.6 Å². The maximum absolute atomic E-state index is 6.30. The molecule has 3 atom stereocenters. The molecule has 0 spiro atoms. The summed E-state index contributed by atoms with van der Waals surface area (Å²) in [6.45, 7) is 15.2. The van der Waals surface area contributed by atoms with Crippen molar-refractivity contribution in [1.29, 1.82) is 0 Å². The molecule has 0 aromatic carbocycles. The summed E-state index contributed by atoms with van der Waals surface area (Å²) < 4.78 is 12.6. The molecule has 1 saturated heterocycles. The molecule has 0 aromatic rings. The van der Waals surface area contributed by atoms with Gasteiger partial charge in [-0.3, -0.25) is 0 Å². The molecule has 0 bridgehead atoms. The fraction of sp³-hybridized carbons (Fsp3) is 0.889. The van der Waals surface area contributed by atoms with Crippen molar-refractivity contribution in [3.8, 4) is 0 Å². The maximum atomic E-state index is 6.30. The molecule has 0 saturated carbocycles. The summed E-state index contributed by atoms with van der Waals surface area (Å²) in [4.78, 5) is 0. The fourth-order valence-electron chi connectivity index (χ4n) is 3.73. The number of rotatable bonds is 3. The van der Waals surface area contributed by atoms with E-state index in [4.69, 9.17) is 9.47 Å². The zero-order valence-electron chi connectivity index (χ0n) is 14.2. The van der Waals surface area contributed by atoms with Crippen LogP contribution in [0.2, 0.25) is 0 Å². The second kappa shape index (κ2) is 5.81. The Morgan fingerprint density at radius 3 is 2.40 bits per heavy atom. The molecule has 1 aliphatic heterocycles. The molecule has 0 N–H and O–H groups in total. The van der Waals surface area contributed by atoms with Crippen molar-refractivity contribution in [3.05, 3.63) is 11.6 Å². The first-order valence-electron chi connectivity index (χ1n) is 8.26. The largest absolute Gasteiger partial charge is 0.349 e. The van der Waals surface area contributed by atoms with Gasteiger partial charge in [0.2, 0.25) is 0 Å². The van der Waals surface area contributed by atoms with Gasteiger partial charge in [-0.1, -0.05) is 45.8 Å². The van der Waals surface area contributed by atoms with E-state index in [1.165, 1.54) is 24.8 Å². The second-order valence-electron chi connectivity index (χ2n) is 7.57. The highest BCUT2D eigenvalue weighted by Gasteiger charge is 2.47. The Bertz CT molecular complexity index is 364. The molecule has 20 heavy (non-hydrogen) atoms. The number of ether oxygens (including phenoxy) is 2. The molecule has 2 nitrogen and oxygen atoms in total. The van der Waals surface area contributed by atoms with Gasteiger partial charge in [0.1, 0.15) is 0 Å². The number of hydrogen-bond acceptors (Lipinski definition) is 2. The summed E-state index contributed by atoms with van der Waals surface area (Å²) >= 11 is 0. The van der Waals surface area contributed by atoms with Crippen LogP contribution in [0.15, 0.2) is 11.6 Å². The minimum Gasteiger partial charge on any atom is -0.349 e. The van der Waals surface area contributed by atoms with Crippen LogP contribution in [-0.4, -0.2) is 19.0 Å². The Morgan fingerprint density at radius 2 is 1.90 bits per heavy atom. The van der Waals surface area contributed by atoms with Crippen molar-refractivity contribution >= 4 is 0 Å². The van der Waals surface area contributed by atoms with E-state index >= 15 is 0 Å². The van der Waals surface area contributed by atoms with Gasteiger partial charge < -0.3 is 9.47 Å². The molecule has 2 heteroatoms. The van der Waals surface area contributed by atoms with E-state index in [0.717, 1.165) is 13.2 Å². The van der Waals surface area contributed by atoms with Crippen LogP contribution in [0.3, 0.4) is 0 Å². The van der Waals surface area contributed by atoms with Gasteiger partial charge in [0, 0.05) is 11.3 Å². The smallest absolute Gasteiger partial charge is 0.168 e. The molecule has 2 rings (SSSR count). The van der Waals surface area contributed by atoms with Gasteiger partial charge in [-0.2, -0.15) is 0 Å². The molecular formula is C18H32O2. The van der Waals surface area contributed by atoms with E-state index in [-0.39, 0.29) is 5.41 Å². The predicted octanol–water partition coefficient (Wildman–Crippen LogP) is 4.79. The molecular weight excluding hydrogens is 248 g/mol. The van der Waals surface area contributed by atoms with Crippen LogP contribution in [0.4, 0.5) is 0 Å². The maximum Gasteiger partial charge on any atom is 0.168 e. The third-order valence-corrected chi connectivity index (χ3v) is 5.88. The van der Waals surface area contributed by atoms with Gasteiger partial charge in [0.25, 0.3) is 0 Å². The van der Waals surface area contributed by atoms with Crippen LogP contribution in [0.5, 0.6) is 0 Å². The normalized spacial score (nSPS) is 44.0. The Morgan fingerprint density at radius 1 is 1.30 bits per heavy atom. The lowest BCUT2D eigenvalue weighted by molar-refractivity contribution is -0.326. The Kier molecular flexibility index (Phi) is 4.66. The Labute approximate surface area is 124 Å². The molecule has 0 amide bonds. The number of hydrogen-bond donors (Lipinski definition) is 0. The highest BCUT2D eigenvalue weighted by Crippen LogP contribution is 2.44. The lowest BCUT2D eigenvalue weighted by Gasteiger charge is -2.50. The van der Waals surface area contributed by atoms with Gasteiger partial charge in [0.05, 0.1) is 13.2 Å². The van der Waals surface area contributed by atoms with Crippen LogP contribution >= 0.6 is 0 Å². The lowest BCUT2D eigenvalue weighted by Crippen LogP contribution is -2.54. The van der Waals surface area contributed by atoms with Crippen molar-refractivity contribution in [2.75, 3.05) is 13.2 Å². The van der Waals surface area contributed by atoms with Crippen LogP contribution in [0, 0.1) is 23.2 Å². The molecule has 1 heterocycles. The molecule has 3 unspecified atom stereocenters. The summed E-state index contributed by atoms with van der Waals surface area (Å²) in [5, 5.41) is 0. The van der Waals surface area contributed by atoms with Crippen molar-refractivity contribution in [2.24, 2.45) is 23.2 Å². The minimum absolute atomic E-state index is 0.165. The molecule has 116 valence electrons. The van der Waals surface area contributed by atoms with Gasteiger partial charge in [-0.25, -0.2) is 0 Å². The summed E-state index contributed by atoms with van der Waals surface area (Å²) in [6.07, 6.45) is 5.94. The van der Waals surface area contributed by atoms with Crippen LogP contribution in [-0.2, 0) is 9.47 Å². The van der Waals surface area contributed by atoms with E-state index < -0.39 is 5.79 Å². The molecule has 1 aliphatic carbocycles. The standard InChI is InChI=1S/C18H32O2/c1-7-15(4)17(5)11-19-18(6,20-12-17)16-9-8-13(2)10-14(16)3/h10,14-16H,7-9,11-12H2,1-6H3. The van der Waals surface area contributed by atoms with E-state index in [1.54, 1.807) is 0 Å². The first kappa shape index (κ1) is 16.0. The third-order valence-electron chi connectivity index (χ3n) is 5.88. The van der Waals surface area contributed by atoms with Crippen LogP contribution in [0.1, 0.15) is 60.8 Å². The predicted molar refractivity (Wildman–Crippen MR) is 83.5 cm³/mol. The third kappa shape index (κ3) is 2.96. The first-order valence-corrected chi connectivity index (χ1v) is 8.26. The quantitative estimate of drug-likeness (QED) is 0.692. The average molecular weight is 280 g/mol. The summed E-state index contributed by atoms with van der Waals surface area (Å²) in [5.74, 6) is 1.26. The van der Waals surface area contributed by atoms with E-state index in [0.29, 0.717) is 17.8 Å². The zero-order valence-corrected chi connectivity index (χ0v) is 14.2. The zero-order chi connectivity index (χ0) is 15.0. The lowest BCUT2D eigenvalue weighted by atomic mass is 9.74. The first-order chi connectivity index (χ1) is 9.31.